The maximum atomic E-state index is 12.8. The molecule has 1 amide bonds. The molecular formula is C26H30Cl2N4O4. The van der Waals surface area contributed by atoms with E-state index in [1.54, 1.807) is 35.2 Å². The van der Waals surface area contributed by atoms with Crippen molar-refractivity contribution in [1.29, 1.82) is 0 Å². The molecule has 4 rings (SSSR count). The van der Waals surface area contributed by atoms with Crippen molar-refractivity contribution in [2.24, 2.45) is 0 Å². The topological polar surface area (TPSA) is 78.7 Å². The smallest absolute Gasteiger partial charge is 0.410 e. The first-order valence-corrected chi connectivity index (χ1v) is 12.5. The molecule has 1 aliphatic rings. The molecule has 1 fully saturated rings. The molecule has 0 bridgehead atoms. The van der Waals surface area contributed by atoms with Crippen molar-refractivity contribution < 1.29 is 19.0 Å². The van der Waals surface area contributed by atoms with Gasteiger partial charge < -0.3 is 19.1 Å². The van der Waals surface area contributed by atoms with Gasteiger partial charge in [-0.1, -0.05) is 40.5 Å². The fraction of sp³-hybridized carbons (Fsp3) is 0.423. The number of carbonyl (C=O) groups excluding carboxylic acids is 1. The number of likely N-dealkylation sites (tertiary alicyclic amines) is 1. The van der Waals surface area contributed by atoms with Crippen LogP contribution in [0, 0.1) is 0 Å². The van der Waals surface area contributed by atoms with Crippen molar-refractivity contribution in [3.63, 3.8) is 0 Å². The highest BCUT2D eigenvalue weighted by molar-refractivity contribution is 6.42. The Balaban J connectivity index is 1.62. The average Bonchev–Trinajstić information content (AvgIpc) is 3.38. The van der Waals surface area contributed by atoms with Crippen LogP contribution in [-0.2, 0) is 11.3 Å². The van der Waals surface area contributed by atoms with Crippen molar-refractivity contribution >= 4 is 29.3 Å². The van der Waals surface area contributed by atoms with Gasteiger partial charge >= 0.3 is 6.09 Å². The molecule has 0 radical (unpaired) electrons. The van der Waals surface area contributed by atoms with Gasteiger partial charge in [0.1, 0.15) is 23.7 Å². The number of methoxy groups -OCH3 is 1. The number of halogens is 2. The highest BCUT2D eigenvalue weighted by Gasteiger charge is 2.37. The lowest BCUT2D eigenvalue weighted by molar-refractivity contribution is 0.0144. The zero-order chi connectivity index (χ0) is 25.9. The van der Waals surface area contributed by atoms with E-state index in [4.69, 9.17) is 37.4 Å². The fourth-order valence-corrected chi connectivity index (χ4v) is 4.62. The Labute approximate surface area is 221 Å². The Morgan fingerprint density at radius 2 is 1.86 bits per heavy atom. The Morgan fingerprint density at radius 3 is 2.50 bits per heavy atom. The Bertz CT molecular complexity index is 1180. The SMILES string of the molecule is COc1ccc(COc2cc(Cl)c(Cl)cc2C2CCN(C(=O)OC(C)(C)C)CC2n2ccnn2)cc1. The van der Waals surface area contributed by atoms with Crippen molar-refractivity contribution in [2.75, 3.05) is 20.2 Å². The first-order valence-electron chi connectivity index (χ1n) is 11.7. The number of nitrogens with zero attached hydrogens (tertiary/aromatic N) is 4. The molecule has 36 heavy (non-hydrogen) atoms. The predicted molar refractivity (Wildman–Crippen MR) is 138 cm³/mol. The van der Waals surface area contributed by atoms with Gasteiger partial charge in [-0.05, 0) is 51.0 Å². The van der Waals surface area contributed by atoms with Crippen LogP contribution in [-0.4, -0.2) is 51.8 Å². The molecule has 2 aromatic carbocycles. The van der Waals surface area contributed by atoms with Gasteiger partial charge in [0.15, 0.2) is 0 Å². The third-order valence-electron chi connectivity index (χ3n) is 6.02. The zero-order valence-electron chi connectivity index (χ0n) is 20.8. The molecule has 192 valence electrons. The fourth-order valence-electron chi connectivity index (χ4n) is 4.29. The summed E-state index contributed by atoms with van der Waals surface area (Å²) in [6, 6.07) is 11.1. The molecule has 0 N–H and O–H groups in total. The first kappa shape index (κ1) is 26.1. The second kappa shape index (κ2) is 11.0. The molecule has 2 atom stereocenters. The van der Waals surface area contributed by atoms with E-state index in [2.05, 4.69) is 10.3 Å². The minimum Gasteiger partial charge on any atom is -0.497 e. The molecular weight excluding hydrogens is 503 g/mol. The lowest BCUT2D eigenvalue weighted by Gasteiger charge is -2.39. The van der Waals surface area contributed by atoms with Gasteiger partial charge in [0.25, 0.3) is 0 Å². The molecule has 2 unspecified atom stereocenters. The van der Waals surface area contributed by atoms with E-state index in [-0.39, 0.29) is 18.1 Å². The van der Waals surface area contributed by atoms with Gasteiger partial charge in [-0.25, -0.2) is 9.48 Å². The molecule has 1 aliphatic heterocycles. The number of amides is 1. The average molecular weight is 533 g/mol. The first-order chi connectivity index (χ1) is 17.1. The number of benzene rings is 2. The number of carbonyl (C=O) groups is 1. The summed E-state index contributed by atoms with van der Waals surface area (Å²) in [7, 11) is 1.63. The van der Waals surface area contributed by atoms with E-state index in [1.165, 1.54) is 0 Å². The second-order valence-electron chi connectivity index (χ2n) is 9.71. The van der Waals surface area contributed by atoms with Crippen molar-refractivity contribution in [2.45, 2.75) is 51.4 Å². The van der Waals surface area contributed by atoms with Gasteiger partial charge in [0, 0.05) is 36.8 Å². The van der Waals surface area contributed by atoms with Gasteiger partial charge in [-0.3, -0.25) is 0 Å². The third kappa shape index (κ3) is 6.23. The highest BCUT2D eigenvalue weighted by Crippen LogP contribution is 2.43. The molecule has 0 saturated carbocycles. The summed E-state index contributed by atoms with van der Waals surface area (Å²) < 4.78 is 18.9. The Hall–Kier alpha value is -2.97. The van der Waals surface area contributed by atoms with Crippen molar-refractivity contribution in [3.05, 3.63) is 70.0 Å². The summed E-state index contributed by atoms with van der Waals surface area (Å²) in [6.07, 6.45) is 3.72. The lowest BCUT2D eigenvalue weighted by atomic mass is 9.84. The number of ether oxygens (including phenoxy) is 3. The number of hydrogen-bond donors (Lipinski definition) is 0. The Morgan fingerprint density at radius 1 is 1.14 bits per heavy atom. The summed E-state index contributed by atoms with van der Waals surface area (Å²) in [6.45, 7) is 6.84. The summed E-state index contributed by atoms with van der Waals surface area (Å²) in [4.78, 5) is 14.5. The van der Waals surface area contributed by atoms with Gasteiger partial charge in [0.05, 0.1) is 29.4 Å². The molecule has 0 aliphatic carbocycles. The molecule has 10 heteroatoms. The van der Waals surface area contributed by atoms with Crippen LogP contribution in [0.3, 0.4) is 0 Å². The molecule has 8 nitrogen and oxygen atoms in total. The van der Waals surface area contributed by atoms with E-state index < -0.39 is 5.60 Å². The maximum Gasteiger partial charge on any atom is 0.410 e. The van der Waals surface area contributed by atoms with E-state index in [9.17, 15) is 4.79 Å². The van der Waals surface area contributed by atoms with Crippen LogP contribution in [0.25, 0.3) is 0 Å². The van der Waals surface area contributed by atoms with Crippen LogP contribution < -0.4 is 9.47 Å². The predicted octanol–water partition coefficient (Wildman–Crippen LogP) is 6.14. The van der Waals surface area contributed by atoms with Gasteiger partial charge in [-0.15, -0.1) is 5.10 Å². The minimum atomic E-state index is -0.581. The van der Waals surface area contributed by atoms with Crippen LogP contribution in [0.15, 0.2) is 48.8 Å². The minimum absolute atomic E-state index is 0.0500. The summed E-state index contributed by atoms with van der Waals surface area (Å²) in [5.41, 5.74) is 1.31. The standard InChI is InChI=1S/C26H30Cl2N4O4/c1-26(2,3)36-25(33)31-11-9-19(23(15-31)32-12-10-29-30-32)20-13-21(27)22(28)14-24(20)35-16-17-5-7-18(34-4)8-6-17/h5-8,10,12-14,19,23H,9,11,15-16H2,1-4H3. The summed E-state index contributed by atoms with van der Waals surface area (Å²) in [5, 5.41) is 9.08. The number of piperidine rings is 1. The normalized spacial score (nSPS) is 18.1. The lowest BCUT2D eigenvalue weighted by Crippen LogP contribution is -2.46. The van der Waals surface area contributed by atoms with Crippen LogP contribution >= 0.6 is 23.2 Å². The maximum absolute atomic E-state index is 12.8. The van der Waals surface area contributed by atoms with E-state index in [0.29, 0.717) is 41.9 Å². The quantitative estimate of drug-likeness (QED) is 0.379. The number of aromatic nitrogens is 3. The molecule has 1 saturated heterocycles. The van der Waals surface area contributed by atoms with Crippen molar-refractivity contribution in [1.82, 2.24) is 19.9 Å². The van der Waals surface area contributed by atoms with Gasteiger partial charge in [-0.2, -0.15) is 0 Å². The Kier molecular flexibility index (Phi) is 7.95. The van der Waals surface area contributed by atoms with Crippen molar-refractivity contribution in [3.8, 4) is 11.5 Å². The number of hydrogen-bond acceptors (Lipinski definition) is 6. The molecule has 0 spiro atoms. The molecule has 3 aromatic rings. The highest BCUT2D eigenvalue weighted by atomic mass is 35.5. The van der Waals surface area contributed by atoms with Gasteiger partial charge in [0.2, 0.25) is 0 Å². The molecule has 2 heterocycles. The zero-order valence-corrected chi connectivity index (χ0v) is 22.3. The largest absolute Gasteiger partial charge is 0.497 e. The molecule has 1 aromatic heterocycles. The third-order valence-corrected chi connectivity index (χ3v) is 6.74. The summed E-state index contributed by atoms with van der Waals surface area (Å²) >= 11 is 12.8. The summed E-state index contributed by atoms with van der Waals surface area (Å²) in [5.74, 6) is 1.37. The van der Waals surface area contributed by atoms with Crippen LogP contribution in [0.1, 0.15) is 50.3 Å². The number of rotatable bonds is 6. The monoisotopic (exact) mass is 532 g/mol. The second-order valence-corrected chi connectivity index (χ2v) is 10.5. The van der Waals surface area contributed by atoms with Crippen LogP contribution in [0.5, 0.6) is 11.5 Å². The van der Waals surface area contributed by atoms with Crippen LogP contribution in [0.2, 0.25) is 10.0 Å². The van der Waals surface area contributed by atoms with E-state index >= 15 is 0 Å². The van der Waals surface area contributed by atoms with E-state index in [1.807, 2.05) is 51.1 Å². The van der Waals surface area contributed by atoms with Crippen LogP contribution in [0.4, 0.5) is 4.79 Å². The van der Waals surface area contributed by atoms with E-state index in [0.717, 1.165) is 16.9 Å².